The number of nitrogens with one attached hydrogen (secondary N) is 1. The zero-order valence-corrected chi connectivity index (χ0v) is 9.22. The van der Waals surface area contributed by atoms with Crippen molar-refractivity contribution in [3.05, 3.63) is 36.4 Å². The molecule has 2 aromatic heterocycles. The molecule has 0 saturated carbocycles. The van der Waals surface area contributed by atoms with E-state index in [1.807, 2.05) is 25.1 Å². The van der Waals surface area contributed by atoms with Gasteiger partial charge in [-0.2, -0.15) is 0 Å². The van der Waals surface area contributed by atoms with Crippen LogP contribution in [0.3, 0.4) is 0 Å². The van der Waals surface area contributed by atoms with Gasteiger partial charge >= 0.3 is 0 Å². The summed E-state index contributed by atoms with van der Waals surface area (Å²) in [6.45, 7) is 2.15. The quantitative estimate of drug-likeness (QED) is 0.822. The van der Waals surface area contributed by atoms with Crippen molar-refractivity contribution in [2.24, 2.45) is 0 Å². The highest BCUT2D eigenvalue weighted by molar-refractivity contribution is 5.52. The standard InChI is InChI=1S/C12H15N3O/c1-2-9(8-16)12-14-7-11(15-12)10-5-3-4-6-13-10/h3-7,9,16H,2,8H2,1H3,(H,14,15). The number of pyridine rings is 1. The summed E-state index contributed by atoms with van der Waals surface area (Å²) < 4.78 is 0. The van der Waals surface area contributed by atoms with Crippen LogP contribution in [0.4, 0.5) is 0 Å². The Morgan fingerprint density at radius 1 is 1.38 bits per heavy atom. The van der Waals surface area contributed by atoms with Crippen LogP contribution >= 0.6 is 0 Å². The van der Waals surface area contributed by atoms with Crippen LogP contribution in [0.1, 0.15) is 25.1 Å². The van der Waals surface area contributed by atoms with Crippen molar-refractivity contribution in [3.8, 4) is 11.4 Å². The maximum atomic E-state index is 9.18. The smallest absolute Gasteiger partial charge is 0.111 e. The average Bonchev–Trinajstić information content (AvgIpc) is 2.81. The van der Waals surface area contributed by atoms with Crippen molar-refractivity contribution < 1.29 is 5.11 Å². The summed E-state index contributed by atoms with van der Waals surface area (Å²) >= 11 is 0. The number of rotatable bonds is 4. The zero-order valence-electron chi connectivity index (χ0n) is 9.22. The molecule has 16 heavy (non-hydrogen) atoms. The van der Waals surface area contributed by atoms with E-state index in [1.165, 1.54) is 0 Å². The number of imidazole rings is 1. The lowest BCUT2D eigenvalue weighted by Crippen LogP contribution is -2.04. The highest BCUT2D eigenvalue weighted by Gasteiger charge is 2.12. The Labute approximate surface area is 94.4 Å². The molecule has 4 heteroatoms. The van der Waals surface area contributed by atoms with E-state index in [2.05, 4.69) is 15.0 Å². The fourth-order valence-corrected chi connectivity index (χ4v) is 1.61. The Morgan fingerprint density at radius 2 is 2.25 bits per heavy atom. The van der Waals surface area contributed by atoms with Crippen LogP contribution in [0.2, 0.25) is 0 Å². The lowest BCUT2D eigenvalue weighted by molar-refractivity contribution is 0.258. The van der Waals surface area contributed by atoms with E-state index < -0.39 is 0 Å². The van der Waals surface area contributed by atoms with E-state index in [4.69, 9.17) is 0 Å². The third-order valence-electron chi connectivity index (χ3n) is 2.64. The number of hydrogen-bond acceptors (Lipinski definition) is 3. The first kappa shape index (κ1) is 10.8. The Hall–Kier alpha value is -1.68. The van der Waals surface area contributed by atoms with Crippen molar-refractivity contribution in [2.45, 2.75) is 19.3 Å². The molecule has 1 unspecified atom stereocenters. The third-order valence-corrected chi connectivity index (χ3v) is 2.64. The van der Waals surface area contributed by atoms with E-state index in [1.54, 1.807) is 12.4 Å². The van der Waals surface area contributed by atoms with Crippen LogP contribution in [0.15, 0.2) is 30.6 Å². The molecule has 2 aromatic rings. The Balaban J connectivity index is 2.26. The molecule has 0 aliphatic heterocycles. The SMILES string of the molecule is CCC(CO)c1ncc(-c2ccccn2)[nH]1. The van der Waals surface area contributed by atoms with Gasteiger partial charge in [0.05, 0.1) is 24.2 Å². The van der Waals surface area contributed by atoms with Gasteiger partial charge in [-0.15, -0.1) is 0 Å². The van der Waals surface area contributed by atoms with Gasteiger partial charge in [0, 0.05) is 12.1 Å². The Kier molecular flexibility index (Phi) is 3.31. The maximum absolute atomic E-state index is 9.18. The van der Waals surface area contributed by atoms with Crippen molar-refractivity contribution >= 4 is 0 Å². The fourth-order valence-electron chi connectivity index (χ4n) is 1.61. The van der Waals surface area contributed by atoms with E-state index in [0.29, 0.717) is 0 Å². The van der Waals surface area contributed by atoms with Gasteiger partial charge in [0.15, 0.2) is 0 Å². The second-order valence-electron chi connectivity index (χ2n) is 3.68. The van der Waals surface area contributed by atoms with Crippen molar-refractivity contribution in [1.82, 2.24) is 15.0 Å². The van der Waals surface area contributed by atoms with Gasteiger partial charge in [-0.05, 0) is 18.6 Å². The number of H-pyrrole nitrogens is 1. The fraction of sp³-hybridized carbons (Fsp3) is 0.333. The molecule has 4 nitrogen and oxygen atoms in total. The van der Waals surface area contributed by atoms with Gasteiger partial charge in [-0.3, -0.25) is 4.98 Å². The van der Waals surface area contributed by atoms with Crippen LogP contribution in [0.5, 0.6) is 0 Å². The molecule has 2 rings (SSSR count). The van der Waals surface area contributed by atoms with Gasteiger partial charge in [-0.25, -0.2) is 4.98 Å². The number of hydrogen-bond donors (Lipinski definition) is 2. The van der Waals surface area contributed by atoms with Crippen LogP contribution in [0, 0.1) is 0 Å². The summed E-state index contributed by atoms with van der Waals surface area (Å²) in [5.41, 5.74) is 1.76. The van der Waals surface area contributed by atoms with Crippen LogP contribution in [-0.4, -0.2) is 26.7 Å². The molecule has 0 amide bonds. The van der Waals surface area contributed by atoms with Crippen LogP contribution in [-0.2, 0) is 0 Å². The minimum atomic E-state index is 0.0810. The summed E-state index contributed by atoms with van der Waals surface area (Å²) in [5, 5.41) is 9.18. The lowest BCUT2D eigenvalue weighted by atomic mass is 10.1. The van der Waals surface area contributed by atoms with Crippen LogP contribution < -0.4 is 0 Å². The van der Waals surface area contributed by atoms with Gasteiger partial charge in [0.25, 0.3) is 0 Å². The summed E-state index contributed by atoms with van der Waals surface area (Å²) in [6, 6.07) is 5.74. The first-order valence-corrected chi connectivity index (χ1v) is 5.42. The van der Waals surface area contributed by atoms with Gasteiger partial charge in [-0.1, -0.05) is 13.0 Å². The molecule has 0 fully saturated rings. The topological polar surface area (TPSA) is 61.8 Å². The second-order valence-corrected chi connectivity index (χ2v) is 3.68. The first-order chi connectivity index (χ1) is 7.85. The van der Waals surface area contributed by atoms with E-state index in [0.717, 1.165) is 23.6 Å². The molecule has 2 N–H and O–H groups in total. The molecule has 84 valence electrons. The minimum absolute atomic E-state index is 0.0810. The molecule has 0 radical (unpaired) electrons. The number of aromatic nitrogens is 3. The molecule has 2 heterocycles. The summed E-state index contributed by atoms with van der Waals surface area (Å²) in [5.74, 6) is 0.906. The first-order valence-electron chi connectivity index (χ1n) is 5.42. The summed E-state index contributed by atoms with van der Waals surface area (Å²) in [4.78, 5) is 11.7. The molecule has 0 aromatic carbocycles. The molecule has 0 aliphatic rings. The van der Waals surface area contributed by atoms with Gasteiger partial charge in [0.2, 0.25) is 0 Å². The normalized spacial score (nSPS) is 12.6. The summed E-state index contributed by atoms with van der Waals surface area (Å²) in [7, 11) is 0. The van der Waals surface area contributed by atoms with Gasteiger partial charge < -0.3 is 10.1 Å². The molecule has 0 bridgehead atoms. The van der Waals surface area contributed by atoms with E-state index in [-0.39, 0.29) is 12.5 Å². The van der Waals surface area contributed by atoms with Crippen LogP contribution in [0.25, 0.3) is 11.4 Å². The third kappa shape index (κ3) is 2.12. The number of nitrogens with zero attached hydrogens (tertiary/aromatic N) is 2. The monoisotopic (exact) mass is 217 g/mol. The largest absolute Gasteiger partial charge is 0.396 e. The lowest BCUT2D eigenvalue weighted by Gasteiger charge is -2.06. The van der Waals surface area contributed by atoms with E-state index >= 15 is 0 Å². The molecular weight excluding hydrogens is 202 g/mol. The van der Waals surface area contributed by atoms with Crippen molar-refractivity contribution in [1.29, 1.82) is 0 Å². The minimum Gasteiger partial charge on any atom is -0.396 e. The maximum Gasteiger partial charge on any atom is 0.111 e. The molecule has 0 aliphatic carbocycles. The highest BCUT2D eigenvalue weighted by atomic mass is 16.3. The molecule has 1 atom stereocenters. The number of aromatic amines is 1. The van der Waals surface area contributed by atoms with Crippen molar-refractivity contribution in [3.63, 3.8) is 0 Å². The second kappa shape index (κ2) is 4.90. The zero-order chi connectivity index (χ0) is 11.4. The van der Waals surface area contributed by atoms with Crippen molar-refractivity contribution in [2.75, 3.05) is 6.61 Å². The number of aliphatic hydroxyl groups excluding tert-OH is 1. The number of aliphatic hydroxyl groups is 1. The highest BCUT2D eigenvalue weighted by Crippen LogP contribution is 2.19. The Bertz CT molecular complexity index is 435. The van der Waals surface area contributed by atoms with E-state index in [9.17, 15) is 5.11 Å². The molecule has 0 saturated heterocycles. The summed E-state index contributed by atoms with van der Waals surface area (Å²) in [6.07, 6.45) is 4.38. The predicted octanol–water partition coefficient (Wildman–Crippen LogP) is 1.96. The Morgan fingerprint density at radius 3 is 2.88 bits per heavy atom. The van der Waals surface area contributed by atoms with Gasteiger partial charge in [0.1, 0.15) is 5.82 Å². The molecular formula is C12H15N3O. The average molecular weight is 217 g/mol. The predicted molar refractivity (Wildman–Crippen MR) is 61.9 cm³/mol. The molecule has 0 spiro atoms.